The third kappa shape index (κ3) is 4.00. The number of carbonyl (C=O) groups excluding carboxylic acids is 2. The predicted molar refractivity (Wildman–Crippen MR) is 105 cm³/mol. The van der Waals surface area contributed by atoms with E-state index < -0.39 is 0 Å². The molecule has 28 heavy (non-hydrogen) atoms. The van der Waals surface area contributed by atoms with Gasteiger partial charge in [0.1, 0.15) is 5.69 Å². The number of rotatable bonds is 6. The van der Waals surface area contributed by atoms with Crippen molar-refractivity contribution in [3.05, 3.63) is 47.8 Å². The molecule has 0 bridgehead atoms. The molecular weight excluding hydrogens is 360 g/mol. The van der Waals surface area contributed by atoms with Crippen LogP contribution in [0.2, 0.25) is 0 Å². The molecule has 2 N–H and O–H groups in total. The van der Waals surface area contributed by atoms with E-state index in [-0.39, 0.29) is 17.5 Å². The third-order valence-corrected chi connectivity index (χ3v) is 4.25. The smallest absolute Gasteiger partial charge is 0.276 e. The van der Waals surface area contributed by atoms with Gasteiger partial charge in [-0.2, -0.15) is 15.3 Å². The second-order valence-corrected chi connectivity index (χ2v) is 6.21. The molecule has 10 heteroatoms. The molecule has 2 amide bonds. The Morgan fingerprint density at radius 1 is 1.07 bits per heavy atom. The molecule has 0 spiro atoms. The number of nitrogens with zero attached hydrogens (tertiary/aromatic N) is 6. The van der Waals surface area contributed by atoms with Crippen LogP contribution >= 0.6 is 0 Å². The Morgan fingerprint density at radius 3 is 2.43 bits per heavy atom. The van der Waals surface area contributed by atoms with Gasteiger partial charge in [-0.05, 0) is 19.9 Å². The SMILES string of the molecule is CCn1ncc(NC(=O)/C=C/c2cnn(C)c2)c1C(=O)Nc1cnn(C)c1C. The highest BCUT2D eigenvalue weighted by Crippen LogP contribution is 2.19. The summed E-state index contributed by atoms with van der Waals surface area (Å²) >= 11 is 0. The first-order valence-electron chi connectivity index (χ1n) is 8.72. The van der Waals surface area contributed by atoms with Crippen LogP contribution in [0.4, 0.5) is 11.4 Å². The lowest BCUT2D eigenvalue weighted by atomic mass is 10.3. The fraction of sp³-hybridized carbons (Fsp3) is 0.278. The van der Waals surface area contributed by atoms with Crippen LogP contribution in [-0.2, 0) is 25.4 Å². The van der Waals surface area contributed by atoms with E-state index in [1.165, 1.54) is 17.0 Å². The minimum absolute atomic E-state index is 0.272. The molecule has 0 saturated carbocycles. The largest absolute Gasteiger partial charge is 0.319 e. The van der Waals surface area contributed by atoms with Crippen molar-refractivity contribution in [1.82, 2.24) is 29.3 Å². The predicted octanol–water partition coefficient (Wildman–Crippen LogP) is 1.58. The molecule has 0 aliphatic rings. The summed E-state index contributed by atoms with van der Waals surface area (Å²) in [5.74, 6) is -0.742. The van der Waals surface area contributed by atoms with Gasteiger partial charge in [-0.1, -0.05) is 0 Å². The van der Waals surface area contributed by atoms with Crippen LogP contribution in [0.25, 0.3) is 6.08 Å². The quantitative estimate of drug-likeness (QED) is 0.629. The molecule has 10 nitrogen and oxygen atoms in total. The van der Waals surface area contributed by atoms with Crippen molar-refractivity contribution < 1.29 is 9.59 Å². The zero-order valence-electron chi connectivity index (χ0n) is 16.2. The molecule has 0 atom stereocenters. The number of carbonyl (C=O) groups is 2. The first kappa shape index (κ1) is 19.1. The summed E-state index contributed by atoms with van der Waals surface area (Å²) in [6.45, 7) is 4.20. The molecule has 3 aromatic heterocycles. The van der Waals surface area contributed by atoms with Crippen LogP contribution in [0.5, 0.6) is 0 Å². The fourth-order valence-corrected chi connectivity index (χ4v) is 2.63. The van der Waals surface area contributed by atoms with Crippen molar-refractivity contribution in [2.24, 2.45) is 14.1 Å². The minimum atomic E-state index is -0.373. The van der Waals surface area contributed by atoms with Crippen molar-refractivity contribution in [1.29, 1.82) is 0 Å². The van der Waals surface area contributed by atoms with E-state index in [0.717, 1.165) is 11.3 Å². The van der Waals surface area contributed by atoms with Crippen molar-refractivity contribution in [2.75, 3.05) is 10.6 Å². The molecule has 0 fully saturated rings. The number of hydrogen-bond acceptors (Lipinski definition) is 5. The summed E-state index contributed by atoms with van der Waals surface area (Å²) in [6, 6.07) is 0. The standard InChI is InChI=1S/C18H22N8O2/c1-5-26-17(18(28)23-14-9-20-25(4)12(14)2)15(10-21-26)22-16(27)7-6-13-8-19-24(3)11-13/h6-11H,5H2,1-4H3,(H,22,27)(H,23,28)/b7-6+. The maximum atomic E-state index is 12.8. The maximum absolute atomic E-state index is 12.8. The van der Waals surface area contributed by atoms with Crippen molar-refractivity contribution >= 4 is 29.3 Å². The van der Waals surface area contributed by atoms with Gasteiger partial charge < -0.3 is 10.6 Å². The van der Waals surface area contributed by atoms with Gasteiger partial charge in [-0.25, -0.2) is 0 Å². The molecule has 3 rings (SSSR count). The Bertz CT molecular complexity index is 1040. The van der Waals surface area contributed by atoms with Gasteiger partial charge in [0.25, 0.3) is 5.91 Å². The first-order chi connectivity index (χ1) is 13.4. The van der Waals surface area contributed by atoms with Crippen molar-refractivity contribution in [3.8, 4) is 0 Å². The van der Waals surface area contributed by atoms with Gasteiger partial charge in [-0.15, -0.1) is 0 Å². The highest BCUT2D eigenvalue weighted by Gasteiger charge is 2.20. The molecule has 146 valence electrons. The molecule has 3 aromatic rings. The zero-order chi connectivity index (χ0) is 20.3. The molecule has 0 aliphatic carbocycles. The van der Waals surface area contributed by atoms with Crippen LogP contribution in [0, 0.1) is 6.92 Å². The highest BCUT2D eigenvalue weighted by atomic mass is 16.2. The van der Waals surface area contributed by atoms with Crippen molar-refractivity contribution in [2.45, 2.75) is 20.4 Å². The van der Waals surface area contributed by atoms with Crippen LogP contribution in [0.3, 0.4) is 0 Å². The third-order valence-electron chi connectivity index (χ3n) is 4.25. The molecule has 0 saturated heterocycles. The summed E-state index contributed by atoms with van der Waals surface area (Å²) in [4.78, 5) is 25.1. The Kier molecular flexibility index (Phi) is 5.39. The van der Waals surface area contributed by atoms with E-state index in [1.807, 2.05) is 13.8 Å². The number of anilines is 2. The first-order valence-corrected chi connectivity index (χ1v) is 8.72. The van der Waals surface area contributed by atoms with Crippen LogP contribution < -0.4 is 10.6 Å². The van der Waals surface area contributed by atoms with Gasteiger partial charge in [0.05, 0.1) is 35.7 Å². The van der Waals surface area contributed by atoms with Crippen LogP contribution in [-0.4, -0.2) is 41.2 Å². The summed E-state index contributed by atoms with van der Waals surface area (Å²) in [6.07, 6.45) is 9.50. The highest BCUT2D eigenvalue weighted by molar-refractivity contribution is 6.10. The lowest BCUT2D eigenvalue weighted by molar-refractivity contribution is -0.111. The van der Waals surface area contributed by atoms with E-state index in [9.17, 15) is 9.59 Å². The molecule has 0 aliphatic heterocycles. The van der Waals surface area contributed by atoms with E-state index in [0.29, 0.717) is 17.9 Å². The summed E-state index contributed by atoms with van der Waals surface area (Å²) in [5.41, 5.74) is 2.83. The topological polar surface area (TPSA) is 112 Å². The molecule has 0 unspecified atom stereocenters. The Balaban J connectivity index is 1.77. The second kappa shape index (κ2) is 7.91. The second-order valence-electron chi connectivity index (χ2n) is 6.21. The number of amides is 2. The summed E-state index contributed by atoms with van der Waals surface area (Å²) < 4.78 is 4.84. The molecule has 3 heterocycles. The average Bonchev–Trinajstić information content (AvgIpc) is 3.35. The van der Waals surface area contributed by atoms with Gasteiger partial charge >= 0.3 is 0 Å². The minimum Gasteiger partial charge on any atom is -0.319 e. The van der Waals surface area contributed by atoms with Crippen molar-refractivity contribution in [3.63, 3.8) is 0 Å². The number of aryl methyl sites for hydroxylation is 3. The van der Waals surface area contributed by atoms with E-state index in [2.05, 4.69) is 25.9 Å². The maximum Gasteiger partial charge on any atom is 0.276 e. The normalized spacial score (nSPS) is 11.1. The van der Waals surface area contributed by atoms with Gasteiger partial charge in [0, 0.05) is 38.5 Å². The lowest BCUT2D eigenvalue weighted by Gasteiger charge is -2.09. The Labute approximate surface area is 161 Å². The fourth-order valence-electron chi connectivity index (χ4n) is 2.63. The number of aromatic nitrogens is 6. The van der Waals surface area contributed by atoms with E-state index in [4.69, 9.17) is 0 Å². The van der Waals surface area contributed by atoms with E-state index in [1.54, 1.807) is 48.1 Å². The van der Waals surface area contributed by atoms with Crippen LogP contribution in [0.15, 0.2) is 30.9 Å². The zero-order valence-corrected chi connectivity index (χ0v) is 16.2. The summed E-state index contributed by atoms with van der Waals surface area (Å²) in [7, 11) is 3.59. The average molecular weight is 382 g/mol. The lowest BCUT2D eigenvalue weighted by Crippen LogP contribution is -2.20. The number of nitrogens with one attached hydrogen (secondary N) is 2. The van der Waals surface area contributed by atoms with Gasteiger partial charge in [-0.3, -0.25) is 23.6 Å². The molecule has 0 aromatic carbocycles. The van der Waals surface area contributed by atoms with Crippen LogP contribution in [0.1, 0.15) is 28.7 Å². The van der Waals surface area contributed by atoms with Gasteiger partial charge in [0.15, 0.2) is 0 Å². The van der Waals surface area contributed by atoms with E-state index >= 15 is 0 Å². The molecular formula is C18H22N8O2. The monoisotopic (exact) mass is 382 g/mol. The number of hydrogen-bond donors (Lipinski definition) is 2. The Morgan fingerprint density at radius 2 is 1.82 bits per heavy atom. The molecule has 0 radical (unpaired) electrons. The summed E-state index contributed by atoms with van der Waals surface area (Å²) in [5, 5.41) is 17.9. The Hall–Kier alpha value is -3.69. The van der Waals surface area contributed by atoms with Gasteiger partial charge in [0.2, 0.25) is 5.91 Å².